The maximum absolute atomic E-state index is 8.75. The van der Waals surface area contributed by atoms with Crippen molar-refractivity contribution < 1.29 is 5.21 Å². The quantitative estimate of drug-likeness (QED) is 0.431. The van der Waals surface area contributed by atoms with Gasteiger partial charge in [0.15, 0.2) is 0 Å². The van der Waals surface area contributed by atoms with E-state index in [0.29, 0.717) is 12.1 Å². The van der Waals surface area contributed by atoms with E-state index in [1.165, 1.54) is 0 Å². The molecule has 0 unspecified atom stereocenters. The average molecular weight is 183 g/mol. The third-order valence-electron chi connectivity index (χ3n) is 3.28. The molecule has 13 heavy (non-hydrogen) atoms. The summed E-state index contributed by atoms with van der Waals surface area (Å²) in [5.74, 6) is 0. The van der Waals surface area contributed by atoms with Crippen LogP contribution in [0.4, 0.5) is 0 Å². The number of nitrogens with zero attached hydrogens (tertiary/aromatic N) is 3. The molecular formula is C9H17N3O. The Morgan fingerprint density at radius 1 is 1.23 bits per heavy atom. The molecule has 2 atom stereocenters. The van der Waals surface area contributed by atoms with Crippen LogP contribution in [0.5, 0.6) is 0 Å². The Balaban J connectivity index is 2.13. The molecule has 2 bridgehead atoms. The predicted octanol–water partition coefficient (Wildman–Crippen LogP) is 0.225. The van der Waals surface area contributed by atoms with Crippen LogP contribution in [0.2, 0.25) is 0 Å². The zero-order valence-electron chi connectivity index (χ0n) is 8.27. The monoisotopic (exact) mass is 183 g/mol. The molecule has 0 aromatic carbocycles. The van der Waals surface area contributed by atoms with Crippen molar-refractivity contribution in [2.24, 2.45) is 5.16 Å². The molecule has 2 heterocycles. The fourth-order valence-electron chi connectivity index (χ4n) is 2.48. The number of hydrogen-bond donors (Lipinski definition) is 1. The van der Waals surface area contributed by atoms with E-state index in [2.05, 4.69) is 29.1 Å². The second kappa shape index (κ2) is 3.27. The fraction of sp³-hybridized carbons (Fsp3) is 0.889. The third-order valence-corrected chi connectivity index (χ3v) is 3.28. The van der Waals surface area contributed by atoms with E-state index in [0.717, 1.165) is 31.6 Å². The summed E-state index contributed by atoms with van der Waals surface area (Å²) >= 11 is 0. The summed E-state index contributed by atoms with van der Waals surface area (Å²) in [6.07, 6.45) is 1.85. The molecule has 0 spiro atoms. The SMILES string of the molecule is CN1C[C@H]2CC(=NO)C[C@@H](C1)N2C. The van der Waals surface area contributed by atoms with Crippen LogP contribution in [0.1, 0.15) is 12.8 Å². The maximum Gasteiger partial charge on any atom is 0.0602 e. The van der Waals surface area contributed by atoms with Gasteiger partial charge in [-0.05, 0) is 14.1 Å². The maximum atomic E-state index is 8.75. The normalized spacial score (nSPS) is 39.7. The van der Waals surface area contributed by atoms with Crippen LogP contribution in [0, 0.1) is 0 Å². The number of hydrogen-bond acceptors (Lipinski definition) is 4. The van der Waals surface area contributed by atoms with E-state index in [1.54, 1.807) is 0 Å². The number of likely N-dealkylation sites (tertiary alicyclic amines) is 1. The van der Waals surface area contributed by atoms with E-state index in [9.17, 15) is 0 Å². The van der Waals surface area contributed by atoms with Crippen molar-refractivity contribution in [2.45, 2.75) is 24.9 Å². The Bertz CT molecular complexity index is 211. The number of piperazine rings is 1. The van der Waals surface area contributed by atoms with Crippen molar-refractivity contribution in [1.82, 2.24) is 9.80 Å². The summed E-state index contributed by atoms with van der Waals surface area (Å²) < 4.78 is 0. The number of oxime groups is 1. The molecule has 4 heteroatoms. The van der Waals surface area contributed by atoms with Gasteiger partial charge in [-0.15, -0.1) is 0 Å². The Labute approximate surface area is 78.8 Å². The van der Waals surface area contributed by atoms with Crippen molar-refractivity contribution in [3.05, 3.63) is 0 Å². The molecule has 1 N–H and O–H groups in total. The molecule has 4 nitrogen and oxygen atoms in total. The first kappa shape index (κ1) is 8.97. The van der Waals surface area contributed by atoms with Crippen molar-refractivity contribution in [1.29, 1.82) is 0 Å². The molecule has 0 amide bonds. The summed E-state index contributed by atoms with van der Waals surface area (Å²) in [5.41, 5.74) is 0.973. The van der Waals surface area contributed by atoms with E-state index < -0.39 is 0 Å². The second-order valence-corrected chi connectivity index (χ2v) is 4.27. The zero-order valence-corrected chi connectivity index (χ0v) is 8.27. The number of likely N-dealkylation sites (N-methyl/N-ethyl adjacent to an activating group) is 2. The Morgan fingerprint density at radius 2 is 1.77 bits per heavy atom. The molecule has 0 aliphatic carbocycles. The van der Waals surface area contributed by atoms with Gasteiger partial charge in [-0.25, -0.2) is 0 Å². The number of piperidine rings is 1. The lowest BCUT2D eigenvalue weighted by Gasteiger charge is -2.47. The lowest BCUT2D eigenvalue weighted by Crippen LogP contribution is -2.60. The molecule has 74 valence electrons. The second-order valence-electron chi connectivity index (χ2n) is 4.27. The first-order valence-corrected chi connectivity index (χ1v) is 4.81. The van der Waals surface area contributed by atoms with Crippen LogP contribution in [0.25, 0.3) is 0 Å². The fourth-order valence-corrected chi connectivity index (χ4v) is 2.48. The summed E-state index contributed by atoms with van der Waals surface area (Å²) in [7, 11) is 4.34. The van der Waals surface area contributed by atoms with Gasteiger partial charge < -0.3 is 10.1 Å². The topological polar surface area (TPSA) is 39.1 Å². The van der Waals surface area contributed by atoms with Crippen molar-refractivity contribution in [3.8, 4) is 0 Å². The van der Waals surface area contributed by atoms with Gasteiger partial charge in [0.2, 0.25) is 0 Å². The predicted molar refractivity (Wildman–Crippen MR) is 51.3 cm³/mol. The first-order chi connectivity index (χ1) is 6.20. The highest BCUT2D eigenvalue weighted by Crippen LogP contribution is 2.24. The Kier molecular flexibility index (Phi) is 2.26. The van der Waals surface area contributed by atoms with Crippen LogP contribution < -0.4 is 0 Å². The minimum atomic E-state index is 0.545. The Hall–Kier alpha value is -0.610. The van der Waals surface area contributed by atoms with E-state index in [1.807, 2.05) is 0 Å². The van der Waals surface area contributed by atoms with Crippen molar-refractivity contribution >= 4 is 5.71 Å². The molecule has 0 aromatic rings. The van der Waals surface area contributed by atoms with E-state index in [-0.39, 0.29) is 0 Å². The molecule has 0 radical (unpaired) electrons. The molecule has 2 aliphatic heterocycles. The third kappa shape index (κ3) is 1.56. The van der Waals surface area contributed by atoms with Gasteiger partial charge in [0, 0.05) is 38.0 Å². The van der Waals surface area contributed by atoms with Crippen LogP contribution in [0.15, 0.2) is 5.16 Å². The highest BCUT2D eigenvalue weighted by Gasteiger charge is 2.36. The number of rotatable bonds is 0. The number of fused-ring (bicyclic) bond motifs is 2. The van der Waals surface area contributed by atoms with Crippen LogP contribution >= 0.6 is 0 Å². The molecule has 2 saturated heterocycles. The van der Waals surface area contributed by atoms with Crippen LogP contribution in [-0.2, 0) is 0 Å². The van der Waals surface area contributed by atoms with Crippen LogP contribution in [-0.4, -0.2) is 60.0 Å². The lowest BCUT2D eigenvalue weighted by molar-refractivity contribution is 0.0515. The minimum absolute atomic E-state index is 0.545. The highest BCUT2D eigenvalue weighted by atomic mass is 16.4. The highest BCUT2D eigenvalue weighted by molar-refractivity contribution is 5.86. The van der Waals surface area contributed by atoms with Gasteiger partial charge in [-0.1, -0.05) is 5.16 Å². The van der Waals surface area contributed by atoms with Crippen LogP contribution in [0.3, 0.4) is 0 Å². The molecular weight excluding hydrogens is 166 g/mol. The molecule has 0 saturated carbocycles. The summed E-state index contributed by atoms with van der Waals surface area (Å²) in [6, 6.07) is 1.09. The van der Waals surface area contributed by atoms with Gasteiger partial charge in [0.25, 0.3) is 0 Å². The van der Waals surface area contributed by atoms with Crippen molar-refractivity contribution in [2.75, 3.05) is 27.2 Å². The van der Waals surface area contributed by atoms with Crippen molar-refractivity contribution in [3.63, 3.8) is 0 Å². The molecule has 2 rings (SSSR count). The van der Waals surface area contributed by atoms with Gasteiger partial charge >= 0.3 is 0 Å². The minimum Gasteiger partial charge on any atom is -0.411 e. The standard InChI is InChI=1S/C9H17N3O/c1-11-5-8-3-7(10-13)4-9(6-11)12(8)2/h8-9,13H,3-6H2,1-2H3/t8-,9+. The lowest BCUT2D eigenvalue weighted by atomic mass is 9.91. The Morgan fingerprint density at radius 3 is 2.23 bits per heavy atom. The van der Waals surface area contributed by atoms with Gasteiger partial charge in [-0.3, -0.25) is 4.90 Å². The largest absolute Gasteiger partial charge is 0.411 e. The van der Waals surface area contributed by atoms with E-state index >= 15 is 0 Å². The molecule has 2 aliphatic rings. The molecule has 2 fully saturated rings. The smallest absolute Gasteiger partial charge is 0.0602 e. The summed E-state index contributed by atoms with van der Waals surface area (Å²) in [4.78, 5) is 4.79. The zero-order chi connectivity index (χ0) is 9.42. The average Bonchev–Trinajstić information content (AvgIpc) is 2.07. The van der Waals surface area contributed by atoms with Gasteiger partial charge in [0.05, 0.1) is 5.71 Å². The molecule has 0 aromatic heterocycles. The first-order valence-electron chi connectivity index (χ1n) is 4.81. The van der Waals surface area contributed by atoms with Gasteiger partial charge in [-0.2, -0.15) is 0 Å². The summed E-state index contributed by atoms with van der Waals surface area (Å²) in [5, 5.41) is 12.1. The van der Waals surface area contributed by atoms with E-state index in [4.69, 9.17) is 5.21 Å². The summed E-state index contributed by atoms with van der Waals surface area (Å²) in [6.45, 7) is 2.18. The van der Waals surface area contributed by atoms with Gasteiger partial charge in [0.1, 0.15) is 0 Å².